The lowest BCUT2D eigenvalue weighted by Crippen LogP contribution is -2.55. The van der Waals surface area contributed by atoms with Crippen LogP contribution in [0.25, 0.3) is 0 Å². The van der Waals surface area contributed by atoms with Gasteiger partial charge in [0.2, 0.25) is 5.72 Å². The van der Waals surface area contributed by atoms with E-state index in [1.807, 2.05) is 6.07 Å². The van der Waals surface area contributed by atoms with Crippen molar-refractivity contribution in [3.63, 3.8) is 0 Å². The number of nitrogens with one attached hydrogen (secondary N) is 1. The standard InChI is InChI=1S/C12H12Br2N2O3/c13-7-5-8-10(9(14)6-7)15-11(17)12(8,18)16-1-3-19-4-2-16/h5-6,18H,1-4H2,(H,15,17)/t12-/m1/s1. The van der Waals surface area contributed by atoms with E-state index in [2.05, 4.69) is 37.2 Å². The zero-order valence-electron chi connectivity index (χ0n) is 9.95. The predicted molar refractivity (Wildman–Crippen MR) is 76.8 cm³/mol. The third-order valence-electron chi connectivity index (χ3n) is 3.45. The molecule has 2 heterocycles. The molecule has 19 heavy (non-hydrogen) atoms. The molecule has 5 nitrogen and oxygen atoms in total. The number of benzene rings is 1. The van der Waals surface area contributed by atoms with Crippen molar-refractivity contribution < 1.29 is 14.6 Å². The first kappa shape index (κ1) is 13.5. The molecule has 7 heteroatoms. The normalized spacial score (nSPS) is 27.2. The smallest absolute Gasteiger partial charge is 0.277 e. The summed E-state index contributed by atoms with van der Waals surface area (Å²) >= 11 is 6.79. The van der Waals surface area contributed by atoms with Crippen LogP contribution in [0.4, 0.5) is 5.69 Å². The van der Waals surface area contributed by atoms with E-state index in [0.29, 0.717) is 37.6 Å². The Morgan fingerprint density at radius 1 is 1.32 bits per heavy atom. The average molecular weight is 392 g/mol. The highest BCUT2D eigenvalue weighted by atomic mass is 79.9. The van der Waals surface area contributed by atoms with Crippen molar-refractivity contribution in [1.29, 1.82) is 0 Å². The summed E-state index contributed by atoms with van der Waals surface area (Å²) in [6.07, 6.45) is 0. The summed E-state index contributed by atoms with van der Waals surface area (Å²) in [7, 11) is 0. The monoisotopic (exact) mass is 390 g/mol. The van der Waals surface area contributed by atoms with Crippen LogP contribution < -0.4 is 5.32 Å². The van der Waals surface area contributed by atoms with Crippen molar-refractivity contribution in [2.45, 2.75) is 5.72 Å². The fraction of sp³-hybridized carbons (Fsp3) is 0.417. The third kappa shape index (κ3) is 2.04. The minimum Gasteiger partial charge on any atom is -0.379 e. The number of hydrogen-bond donors (Lipinski definition) is 2. The highest BCUT2D eigenvalue weighted by Gasteiger charge is 2.51. The van der Waals surface area contributed by atoms with Crippen LogP contribution in [0.2, 0.25) is 0 Å². The zero-order valence-corrected chi connectivity index (χ0v) is 13.1. The number of nitrogens with zero attached hydrogens (tertiary/aromatic N) is 1. The molecule has 3 rings (SSSR count). The van der Waals surface area contributed by atoms with Crippen LogP contribution >= 0.6 is 31.9 Å². The first-order valence-corrected chi connectivity index (χ1v) is 7.48. The number of amides is 1. The highest BCUT2D eigenvalue weighted by Crippen LogP contribution is 2.44. The van der Waals surface area contributed by atoms with E-state index < -0.39 is 11.6 Å². The molecule has 2 aliphatic heterocycles. The quantitative estimate of drug-likeness (QED) is 0.763. The van der Waals surface area contributed by atoms with E-state index in [-0.39, 0.29) is 0 Å². The summed E-state index contributed by atoms with van der Waals surface area (Å²) in [5.41, 5.74) is -0.423. The van der Waals surface area contributed by atoms with Gasteiger partial charge in [0.05, 0.1) is 18.9 Å². The molecule has 0 bridgehead atoms. The fourth-order valence-corrected chi connectivity index (χ4v) is 3.82. The van der Waals surface area contributed by atoms with E-state index in [0.717, 1.165) is 8.95 Å². The van der Waals surface area contributed by atoms with Crippen LogP contribution in [0.1, 0.15) is 5.56 Å². The van der Waals surface area contributed by atoms with Crippen molar-refractivity contribution in [3.05, 3.63) is 26.6 Å². The molecule has 0 aromatic heterocycles. The first-order valence-electron chi connectivity index (χ1n) is 5.89. The highest BCUT2D eigenvalue weighted by molar-refractivity contribution is 9.11. The Morgan fingerprint density at radius 3 is 2.68 bits per heavy atom. The van der Waals surface area contributed by atoms with E-state index >= 15 is 0 Å². The Hall–Kier alpha value is -0.470. The molecule has 0 aliphatic carbocycles. The van der Waals surface area contributed by atoms with E-state index in [4.69, 9.17) is 4.74 Å². The summed E-state index contributed by atoms with van der Waals surface area (Å²) in [5, 5.41) is 13.6. The molecule has 0 spiro atoms. The molecule has 0 unspecified atom stereocenters. The number of anilines is 1. The van der Waals surface area contributed by atoms with Crippen molar-refractivity contribution in [3.8, 4) is 0 Å². The molecule has 0 radical (unpaired) electrons. The maximum atomic E-state index is 12.2. The second-order valence-corrected chi connectivity index (χ2v) is 6.31. The molecule has 2 aliphatic rings. The lowest BCUT2D eigenvalue weighted by Gasteiger charge is -2.37. The second-order valence-electron chi connectivity index (χ2n) is 4.54. The molecule has 1 aromatic carbocycles. The molecular formula is C12H12Br2N2O3. The zero-order chi connectivity index (χ0) is 13.6. The van der Waals surface area contributed by atoms with Crippen molar-refractivity contribution in [2.75, 3.05) is 31.6 Å². The van der Waals surface area contributed by atoms with Crippen molar-refractivity contribution in [1.82, 2.24) is 4.90 Å². The molecule has 0 saturated carbocycles. The minimum atomic E-state index is -1.62. The van der Waals surface area contributed by atoms with Gasteiger partial charge in [-0.05, 0) is 28.1 Å². The lowest BCUT2D eigenvalue weighted by molar-refractivity contribution is -0.168. The minimum absolute atomic E-state index is 0.414. The Labute approximate surface area is 127 Å². The molecule has 2 N–H and O–H groups in total. The van der Waals surface area contributed by atoms with Gasteiger partial charge in [-0.2, -0.15) is 0 Å². The van der Waals surface area contributed by atoms with Gasteiger partial charge in [-0.25, -0.2) is 0 Å². The van der Waals surface area contributed by atoms with Crippen LogP contribution in [-0.2, 0) is 15.3 Å². The maximum absolute atomic E-state index is 12.2. The fourth-order valence-electron chi connectivity index (χ4n) is 2.50. The number of halogens is 2. The Bertz CT molecular complexity index is 546. The molecule has 1 saturated heterocycles. The van der Waals surface area contributed by atoms with Crippen molar-refractivity contribution in [2.24, 2.45) is 0 Å². The van der Waals surface area contributed by atoms with Gasteiger partial charge in [0.25, 0.3) is 5.91 Å². The Balaban J connectivity index is 2.10. The van der Waals surface area contributed by atoms with Gasteiger partial charge in [-0.3, -0.25) is 9.69 Å². The van der Waals surface area contributed by atoms with Gasteiger partial charge < -0.3 is 15.2 Å². The van der Waals surface area contributed by atoms with Gasteiger partial charge >= 0.3 is 0 Å². The molecule has 1 fully saturated rings. The van der Waals surface area contributed by atoms with Gasteiger partial charge in [-0.15, -0.1) is 0 Å². The van der Waals surface area contributed by atoms with Crippen molar-refractivity contribution >= 4 is 43.5 Å². The number of ether oxygens (including phenoxy) is 1. The maximum Gasteiger partial charge on any atom is 0.277 e. The molecule has 1 aromatic rings. The van der Waals surface area contributed by atoms with Gasteiger partial charge in [0, 0.05) is 27.6 Å². The first-order chi connectivity index (χ1) is 9.03. The SMILES string of the molecule is O=C1Nc2c(Br)cc(Br)cc2[C@]1(O)N1CCOCC1. The van der Waals surface area contributed by atoms with E-state index in [9.17, 15) is 9.90 Å². The molecule has 102 valence electrons. The number of carbonyl (C=O) groups excluding carboxylic acids is 1. The van der Waals surface area contributed by atoms with E-state index in [1.54, 1.807) is 11.0 Å². The topological polar surface area (TPSA) is 61.8 Å². The molecule has 1 amide bonds. The van der Waals surface area contributed by atoms with Crippen LogP contribution in [0.15, 0.2) is 21.1 Å². The summed E-state index contributed by atoms with van der Waals surface area (Å²) in [5.74, 6) is -0.414. The Kier molecular flexibility index (Phi) is 3.43. The number of morpholine rings is 1. The number of aliphatic hydroxyl groups is 1. The largest absolute Gasteiger partial charge is 0.379 e. The van der Waals surface area contributed by atoms with Gasteiger partial charge in [-0.1, -0.05) is 15.9 Å². The Morgan fingerprint density at radius 2 is 2.00 bits per heavy atom. The number of rotatable bonds is 1. The van der Waals surface area contributed by atoms with Gasteiger partial charge in [0.1, 0.15) is 0 Å². The average Bonchev–Trinajstić information content (AvgIpc) is 2.66. The summed E-state index contributed by atoms with van der Waals surface area (Å²) < 4.78 is 6.82. The number of carbonyl (C=O) groups is 1. The lowest BCUT2D eigenvalue weighted by atomic mass is 10.0. The van der Waals surface area contributed by atoms with Crippen LogP contribution in [0.5, 0.6) is 0 Å². The van der Waals surface area contributed by atoms with Crippen LogP contribution in [0, 0.1) is 0 Å². The second kappa shape index (κ2) is 4.82. The van der Waals surface area contributed by atoms with Gasteiger partial charge in [0.15, 0.2) is 0 Å². The number of hydrogen-bond acceptors (Lipinski definition) is 4. The molecule has 1 atom stereocenters. The molecular weight excluding hydrogens is 380 g/mol. The third-order valence-corrected chi connectivity index (χ3v) is 4.54. The summed E-state index contributed by atoms with van der Waals surface area (Å²) in [6.45, 7) is 2.07. The van der Waals surface area contributed by atoms with E-state index in [1.165, 1.54) is 0 Å². The summed E-state index contributed by atoms with van der Waals surface area (Å²) in [6, 6.07) is 3.61. The predicted octanol–water partition coefficient (Wildman–Crippen LogP) is 1.64. The summed E-state index contributed by atoms with van der Waals surface area (Å²) in [4.78, 5) is 14.0. The van der Waals surface area contributed by atoms with Crippen LogP contribution in [-0.4, -0.2) is 42.2 Å². The van der Waals surface area contributed by atoms with Crippen LogP contribution in [0.3, 0.4) is 0 Å². The number of fused-ring (bicyclic) bond motifs is 1.